The van der Waals surface area contributed by atoms with Crippen LogP contribution in [-0.4, -0.2) is 26.3 Å². The summed E-state index contributed by atoms with van der Waals surface area (Å²) < 4.78 is 10.7. The molecule has 1 N–H and O–H groups in total. The fourth-order valence-electron chi connectivity index (χ4n) is 2.43. The van der Waals surface area contributed by atoms with Gasteiger partial charge in [-0.3, -0.25) is 0 Å². The van der Waals surface area contributed by atoms with Crippen LogP contribution >= 0.6 is 0 Å². The molecule has 0 spiro atoms. The molecule has 0 bridgehead atoms. The van der Waals surface area contributed by atoms with Crippen LogP contribution in [-0.2, 0) is 11.2 Å². The normalized spacial score (nSPS) is 21.7. The summed E-state index contributed by atoms with van der Waals surface area (Å²) in [6, 6.07) is 7.26. The highest BCUT2D eigenvalue weighted by Crippen LogP contribution is 2.33. The van der Waals surface area contributed by atoms with Crippen molar-refractivity contribution >= 4 is 6.02 Å². The molecule has 1 aliphatic heterocycles. The Bertz CT molecular complexity index is 457. The van der Waals surface area contributed by atoms with E-state index < -0.39 is 0 Å². The molecule has 2 aliphatic rings. The Morgan fingerprint density at radius 3 is 3.18 bits per heavy atom. The van der Waals surface area contributed by atoms with E-state index in [2.05, 4.69) is 22.4 Å². The third kappa shape index (κ3) is 1.95. The van der Waals surface area contributed by atoms with Gasteiger partial charge in [0.15, 0.2) is 0 Å². The summed E-state index contributed by atoms with van der Waals surface area (Å²) in [4.78, 5) is 4.27. The molecular weight excluding hydrogens is 216 g/mol. The third-order valence-corrected chi connectivity index (χ3v) is 3.31. The van der Waals surface area contributed by atoms with E-state index in [-0.39, 0.29) is 0 Å². The minimum atomic E-state index is 0.303. The Balaban J connectivity index is 1.81. The van der Waals surface area contributed by atoms with Gasteiger partial charge < -0.3 is 14.8 Å². The second-order valence-corrected chi connectivity index (χ2v) is 4.34. The first kappa shape index (κ1) is 10.4. The van der Waals surface area contributed by atoms with Crippen LogP contribution in [0, 0.1) is 0 Å². The van der Waals surface area contributed by atoms with Crippen LogP contribution < -0.4 is 10.1 Å². The van der Waals surface area contributed by atoms with E-state index in [1.54, 1.807) is 7.11 Å². The van der Waals surface area contributed by atoms with Crippen LogP contribution in [0.1, 0.15) is 23.6 Å². The predicted octanol–water partition coefficient (Wildman–Crippen LogP) is 1.66. The number of rotatable bonds is 2. The number of fused-ring (bicyclic) bond motifs is 1. The monoisotopic (exact) mass is 232 g/mol. The van der Waals surface area contributed by atoms with Crippen LogP contribution in [0.3, 0.4) is 0 Å². The maximum Gasteiger partial charge on any atom is 0.285 e. The molecule has 0 fully saturated rings. The van der Waals surface area contributed by atoms with Crippen LogP contribution in [0.15, 0.2) is 23.2 Å². The third-order valence-electron chi connectivity index (χ3n) is 3.31. The van der Waals surface area contributed by atoms with Gasteiger partial charge in [0.25, 0.3) is 6.02 Å². The Morgan fingerprint density at radius 1 is 1.47 bits per heavy atom. The maximum absolute atomic E-state index is 5.39. The van der Waals surface area contributed by atoms with Crippen molar-refractivity contribution in [3.05, 3.63) is 29.3 Å². The fourth-order valence-corrected chi connectivity index (χ4v) is 2.43. The van der Waals surface area contributed by atoms with Gasteiger partial charge >= 0.3 is 0 Å². The zero-order chi connectivity index (χ0) is 11.7. The highest BCUT2D eigenvalue weighted by Gasteiger charge is 2.25. The summed E-state index contributed by atoms with van der Waals surface area (Å²) in [5, 5.41) is 3.36. The van der Waals surface area contributed by atoms with Crippen molar-refractivity contribution < 1.29 is 9.47 Å². The molecule has 0 amide bonds. The lowest BCUT2D eigenvalue weighted by Crippen LogP contribution is -2.27. The largest absolute Gasteiger partial charge is 0.497 e. The number of benzene rings is 1. The minimum absolute atomic E-state index is 0.303. The molecule has 1 aliphatic carbocycles. The van der Waals surface area contributed by atoms with Gasteiger partial charge in [0.1, 0.15) is 12.4 Å². The number of methoxy groups -OCH3 is 1. The smallest absolute Gasteiger partial charge is 0.285 e. The van der Waals surface area contributed by atoms with Crippen molar-refractivity contribution in [3.63, 3.8) is 0 Å². The molecule has 4 heteroatoms. The zero-order valence-electron chi connectivity index (χ0n) is 9.90. The molecule has 1 heterocycles. The summed E-state index contributed by atoms with van der Waals surface area (Å²) in [5.41, 5.74) is 2.70. The Hall–Kier alpha value is -1.71. The molecule has 90 valence electrons. The summed E-state index contributed by atoms with van der Waals surface area (Å²) in [7, 11) is 1.70. The second kappa shape index (κ2) is 4.28. The van der Waals surface area contributed by atoms with E-state index in [9.17, 15) is 0 Å². The summed E-state index contributed by atoms with van der Waals surface area (Å²) in [5.74, 6) is 0.909. The average molecular weight is 232 g/mol. The van der Waals surface area contributed by atoms with E-state index in [1.807, 2.05) is 6.07 Å². The van der Waals surface area contributed by atoms with E-state index in [1.165, 1.54) is 11.1 Å². The molecule has 1 aromatic rings. The van der Waals surface area contributed by atoms with Gasteiger partial charge in [0.05, 0.1) is 19.7 Å². The SMILES string of the molecule is COc1ccc2c(c1)C(NC1=NCCO1)CC2. The molecule has 17 heavy (non-hydrogen) atoms. The molecule has 4 nitrogen and oxygen atoms in total. The van der Waals surface area contributed by atoms with Gasteiger partial charge in [-0.05, 0) is 36.1 Å². The molecule has 1 atom stereocenters. The van der Waals surface area contributed by atoms with E-state index in [0.29, 0.717) is 18.7 Å². The van der Waals surface area contributed by atoms with E-state index in [4.69, 9.17) is 9.47 Å². The standard InChI is InChI=1S/C13H16N2O2/c1-16-10-4-2-9-3-5-12(11(9)8-10)15-13-14-6-7-17-13/h2,4,8,12H,3,5-7H2,1H3,(H,14,15). The first-order valence-corrected chi connectivity index (χ1v) is 5.97. The Labute approximate surface area is 101 Å². The Kier molecular flexibility index (Phi) is 2.63. The number of aliphatic imine (C=N–C) groups is 1. The van der Waals surface area contributed by atoms with Gasteiger partial charge in [0, 0.05) is 0 Å². The highest BCUT2D eigenvalue weighted by atomic mass is 16.5. The van der Waals surface area contributed by atoms with E-state index >= 15 is 0 Å². The molecule has 0 radical (unpaired) electrons. The number of nitrogens with one attached hydrogen (secondary N) is 1. The quantitative estimate of drug-likeness (QED) is 0.843. The first-order valence-electron chi connectivity index (χ1n) is 5.97. The zero-order valence-corrected chi connectivity index (χ0v) is 9.90. The van der Waals surface area contributed by atoms with Gasteiger partial charge in [-0.25, -0.2) is 4.99 Å². The number of ether oxygens (including phenoxy) is 2. The maximum atomic E-state index is 5.39. The van der Waals surface area contributed by atoms with Gasteiger partial charge in [-0.2, -0.15) is 0 Å². The van der Waals surface area contributed by atoms with Gasteiger partial charge in [-0.1, -0.05) is 6.07 Å². The summed E-state index contributed by atoms with van der Waals surface area (Å²) in [6.07, 6.45) is 2.19. The molecule has 1 unspecified atom stereocenters. The summed E-state index contributed by atoms with van der Waals surface area (Å²) in [6.45, 7) is 1.46. The molecule has 3 rings (SSSR count). The van der Waals surface area contributed by atoms with Crippen LogP contribution in [0.5, 0.6) is 5.75 Å². The van der Waals surface area contributed by atoms with Crippen molar-refractivity contribution in [2.24, 2.45) is 4.99 Å². The minimum Gasteiger partial charge on any atom is -0.497 e. The molecule has 0 saturated carbocycles. The number of hydrogen-bond acceptors (Lipinski definition) is 4. The van der Waals surface area contributed by atoms with E-state index in [0.717, 1.165) is 25.1 Å². The predicted molar refractivity (Wildman–Crippen MR) is 65.4 cm³/mol. The van der Waals surface area contributed by atoms with Gasteiger partial charge in [0.2, 0.25) is 0 Å². The molecule has 0 aromatic heterocycles. The molecular formula is C13H16N2O2. The van der Waals surface area contributed by atoms with Crippen molar-refractivity contribution in [3.8, 4) is 5.75 Å². The first-order chi connectivity index (χ1) is 8.36. The van der Waals surface area contributed by atoms with Crippen molar-refractivity contribution in [1.82, 2.24) is 5.32 Å². The van der Waals surface area contributed by atoms with Gasteiger partial charge in [-0.15, -0.1) is 0 Å². The van der Waals surface area contributed by atoms with Crippen molar-refractivity contribution in [2.45, 2.75) is 18.9 Å². The summed E-state index contributed by atoms with van der Waals surface area (Å²) >= 11 is 0. The van der Waals surface area contributed by atoms with Crippen LogP contribution in [0.25, 0.3) is 0 Å². The number of hydrogen-bond donors (Lipinski definition) is 1. The van der Waals surface area contributed by atoms with Crippen molar-refractivity contribution in [1.29, 1.82) is 0 Å². The molecule has 1 aromatic carbocycles. The van der Waals surface area contributed by atoms with Crippen LogP contribution in [0.2, 0.25) is 0 Å². The highest BCUT2D eigenvalue weighted by molar-refractivity contribution is 5.75. The number of amidine groups is 1. The Morgan fingerprint density at radius 2 is 2.41 bits per heavy atom. The van der Waals surface area contributed by atoms with Crippen molar-refractivity contribution in [2.75, 3.05) is 20.3 Å². The lowest BCUT2D eigenvalue weighted by Gasteiger charge is -2.15. The lowest BCUT2D eigenvalue weighted by atomic mass is 10.1. The topological polar surface area (TPSA) is 42.8 Å². The fraction of sp³-hybridized carbons (Fsp3) is 0.462. The lowest BCUT2D eigenvalue weighted by molar-refractivity contribution is 0.325. The number of aryl methyl sites for hydroxylation is 1. The number of nitrogens with zero attached hydrogens (tertiary/aromatic N) is 1. The average Bonchev–Trinajstić information content (AvgIpc) is 2.99. The second-order valence-electron chi connectivity index (χ2n) is 4.34. The van der Waals surface area contributed by atoms with Crippen LogP contribution in [0.4, 0.5) is 0 Å². The molecule has 0 saturated heterocycles.